The number of halogens is 4. The standard InChI is InChI=1S/C18H15Cl2F2NO3/c19-14-3-1-11(7-15(14)20)18(24)23-5-6-25-13(9-23)10-26-12-2-4-16(21)17(22)8-12/h1-4,7-8,13H,5-6,9-10H2/t13-/m0/s1. The summed E-state index contributed by atoms with van der Waals surface area (Å²) in [4.78, 5) is 14.2. The molecule has 0 aliphatic carbocycles. The number of ether oxygens (including phenoxy) is 2. The molecular formula is C18H15Cl2F2NO3. The molecular weight excluding hydrogens is 387 g/mol. The number of hydrogen-bond acceptors (Lipinski definition) is 3. The van der Waals surface area contributed by atoms with Gasteiger partial charge in [-0.2, -0.15) is 0 Å². The second-order valence-electron chi connectivity index (χ2n) is 5.76. The Hall–Kier alpha value is -1.89. The quantitative estimate of drug-likeness (QED) is 0.770. The Kier molecular flexibility index (Phi) is 5.96. The van der Waals surface area contributed by atoms with Crippen LogP contribution in [0.5, 0.6) is 5.75 Å². The smallest absolute Gasteiger partial charge is 0.254 e. The number of morpholine rings is 1. The molecule has 1 aliphatic rings. The van der Waals surface area contributed by atoms with Crippen LogP contribution in [0.2, 0.25) is 10.0 Å². The summed E-state index contributed by atoms with van der Waals surface area (Å²) in [6.45, 7) is 1.19. The summed E-state index contributed by atoms with van der Waals surface area (Å²) in [5, 5.41) is 0.687. The van der Waals surface area contributed by atoms with Crippen molar-refractivity contribution in [2.24, 2.45) is 0 Å². The zero-order chi connectivity index (χ0) is 18.7. The molecule has 0 radical (unpaired) electrons. The topological polar surface area (TPSA) is 38.8 Å². The summed E-state index contributed by atoms with van der Waals surface area (Å²) in [7, 11) is 0. The van der Waals surface area contributed by atoms with Crippen molar-refractivity contribution in [3.8, 4) is 5.75 Å². The third-order valence-corrected chi connectivity index (χ3v) is 4.66. The van der Waals surface area contributed by atoms with Gasteiger partial charge in [-0.25, -0.2) is 8.78 Å². The van der Waals surface area contributed by atoms with Crippen molar-refractivity contribution in [2.45, 2.75) is 6.10 Å². The second-order valence-corrected chi connectivity index (χ2v) is 6.57. The Morgan fingerprint density at radius 1 is 1.15 bits per heavy atom. The SMILES string of the molecule is O=C(c1ccc(Cl)c(Cl)c1)N1CCO[C@H](COc2ccc(F)c(F)c2)C1. The van der Waals surface area contributed by atoms with E-state index in [1.165, 1.54) is 12.1 Å². The molecule has 26 heavy (non-hydrogen) atoms. The Labute approximate surface area is 159 Å². The van der Waals surface area contributed by atoms with Crippen molar-refractivity contribution < 1.29 is 23.0 Å². The van der Waals surface area contributed by atoms with Crippen molar-refractivity contribution >= 4 is 29.1 Å². The van der Waals surface area contributed by atoms with Crippen LogP contribution in [0.1, 0.15) is 10.4 Å². The molecule has 0 spiro atoms. The molecule has 138 valence electrons. The number of nitrogens with zero attached hydrogens (tertiary/aromatic N) is 1. The average molecular weight is 402 g/mol. The molecule has 8 heteroatoms. The molecule has 0 aromatic heterocycles. The van der Waals surface area contributed by atoms with Gasteiger partial charge in [-0.05, 0) is 30.3 Å². The fourth-order valence-electron chi connectivity index (χ4n) is 2.57. The van der Waals surface area contributed by atoms with E-state index in [1.54, 1.807) is 17.0 Å². The van der Waals surface area contributed by atoms with Crippen LogP contribution in [-0.2, 0) is 4.74 Å². The molecule has 3 rings (SSSR count). The first-order valence-electron chi connectivity index (χ1n) is 7.88. The van der Waals surface area contributed by atoms with E-state index in [0.717, 1.165) is 12.1 Å². The highest BCUT2D eigenvalue weighted by Gasteiger charge is 2.26. The van der Waals surface area contributed by atoms with Gasteiger partial charge in [0.15, 0.2) is 11.6 Å². The largest absolute Gasteiger partial charge is 0.491 e. The van der Waals surface area contributed by atoms with Crippen molar-refractivity contribution in [3.05, 3.63) is 63.6 Å². The van der Waals surface area contributed by atoms with Gasteiger partial charge in [-0.15, -0.1) is 0 Å². The van der Waals surface area contributed by atoms with Crippen LogP contribution < -0.4 is 4.74 Å². The van der Waals surface area contributed by atoms with E-state index < -0.39 is 11.6 Å². The van der Waals surface area contributed by atoms with Crippen molar-refractivity contribution in [1.82, 2.24) is 4.90 Å². The lowest BCUT2D eigenvalue weighted by molar-refractivity contribution is -0.0401. The molecule has 1 amide bonds. The van der Waals surface area contributed by atoms with Gasteiger partial charge < -0.3 is 14.4 Å². The van der Waals surface area contributed by atoms with Gasteiger partial charge in [0, 0.05) is 18.2 Å². The maximum atomic E-state index is 13.2. The molecule has 2 aromatic carbocycles. The first kappa shape index (κ1) is 18.9. The molecule has 0 bridgehead atoms. The van der Waals surface area contributed by atoms with Gasteiger partial charge in [0.25, 0.3) is 5.91 Å². The summed E-state index contributed by atoms with van der Waals surface area (Å²) in [6.07, 6.45) is -0.386. The number of hydrogen-bond donors (Lipinski definition) is 0. The molecule has 4 nitrogen and oxygen atoms in total. The van der Waals surface area contributed by atoms with Crippen LogP contribution in [0.4, 0.5) is 8.78 Å². The molecule has 1 heterocycles. The maximum absolute atomic E-state index is 13.2. The van der Waals surface area contributed by atoms with Gasteiger partial charge >= 0.3 is 0 Å². The van der Waals surface area contributed by atoms with Crippen molar-refractivity contribution in [1.29, 1.82) is 0 Å². The minimum Gasteiger partial charge on any atom is -0.491 e. The molecule has 1 aliphatic heterocycles. The van der Waals surface area contributed by atoms with Crippen LogP contribution >= 0.6 is 23.2 Å². The van der Waals surface area contributed by atoms with Gasteiger partial charge in [0.05, 0.1) is 23.2 Å². The fourth-order valence-corrected chi connectivity index (χ4v) is 2.87. The minimum absolute atomic E-state index is 0.107. The van der Waals surface area contributed by atoms with Crippen molar-refractivity contribution in [2.75, 3.05) is 26.3 Å². The van der Waals surface area contributed by atoms with Crippen LogP contribution in [0, 0.1) is 11.6 Å². The van der Waals surface area contributed by atoms with Gasteiger partial charge in [-0.3, -0.25) is 4.79 Å². The highest BCUT2D eigenvalue weighted by molar-refractivity contribution is 6.42. The lowest BCUT2D eigenvalue weighted by atomic mass is 10.1. The predicted molar refractivity (Wildman–Crippen MR) is 94.0 cm³/mol. The Bertz CT molecular complexity index is 819. The lowest BCUT2D eigenvalue weighted by Gasteiger charge is -2.33. The zero-order valence-corrected chi connectivity index (χ0v) is 15.1. The van der Waals surface area contributed by atoms with Gasteiger partial charge in [0.2, 0.25) is 0 Å². The summed E-state index contributed by atoms with van der Waals surface area (Å²) in [6, 6.07) is 8.00. The van der Waals surface area contributed by atoms with E-state index in [2.05, 4.69) is 0 Å². The highest BCUT2D eigenvalue weighted by Crippen LogP contribution is 2.24. The van der Waals surface area contributed by atoms with E-state index in [-0.39, 0.29) is 24.4 Å². The molecule has 2 aromatic rings. The Morgan fingerprint density at radius 2 is 1.96 bits per heavy atom. The number of benzene rings is 2. The van der Waals surface area contributed by atoms with Crippen molar-refractivity contribution in [3.63, 3.8) is 0 Å². The normalized spacial score (nSPS) is 17.2. The minimum atomic E-state index is -0.983. The number of carbonyl (C=O) groups is 1. The van der Waals surface area contributed by atoms with Crippen LogP contribution in [-0.4, -0.2) is 43.2 Å². The van der Waals surface area contributed by atoms with E-state index in [1.807, 2.05) is 0 Å². The van der Waals surface area contributed by atoms with E-state index in [4.69, 9.17) is 32.7 Å². The molecule has 1 fully saturated rings. The number of rotatable bonds is 4. The monoisotopic (exact) mass is 401 g/mol. The summed E-state index contributed by atoms with van der Waals surface area (Å²) >= 11 is 11.8. The number of amides is 1. The third kappa shape index (κ3) is 4.44. The lowest BCUT2D eigenvalue weighted by Crippen LogP contribution is -2.47. The summed E-state index contributed by atoms with van der Waals surface area (Å²) < 4.78 is 37.2. The predicted octanol–water partition coefficient (Wildman–Crippen LogP) is 4.19. The fraction of sp³-hybridized carbons (Fsp3) is 0.278. The molecule has 1 saturated heterocycles. The average Bonchev–Trinajstić information content (AvgIpc) is 2.64. The van der Waals surface area contributed by atoms with Crippen LogP contribution in [0.3, 0.4) is 0 Å². The van der Waals surface area contributed by atoms with Crippen LogP contribution in [0.25, 0.3) is 0 Å². The van der Waals surface area contributed by atoms with E-state index in [9.17, 15) is 13.6 Å². The Balaban J connectivity index is 1.60. The van der Waals surface area contributed by atoms with E-state index in [0.29, 0.717) is 35.3 Å². The number of carbonyl (C=O) groups excluding carboxylic acids is 1. The van der Waals surface area contributed by atoms with E-state index >= 15 is 0 Å². The molecule has 0 saturated carbocycles. The first-order chi connectivity index (χ1) is 12.4. The highest BCUT2D eigenvalue weighted by atomic mass is 35.5. The molecule has 0 unspecified atom stereocenters. The Morgan fingerprint density at radius 3 is 2.69 bits per heavy atom. The van der Waals surface area contributed by atoms with Gasteiger partial charge in [-0.1, -0.05) is 23.2 Å². The summed E-state index contributed by atoms with van der Waals surface area (Å²) in [5.41, 5.74) is 0.432. The van der Waals surface area contributed by atoms with Crippen LogP contribution in [0.15, 0.2) is 36.4 Å². The summed E-state index contributed by atoms with van der Waals surface area (Å²) in [5.74, 6) is -1.92. The molecule has 1 atom stereocenters. The molecule has 0 N–H and O–H groups in total. The second kappa shape index (κ2) is 8.20. The third-order valence-electron chi connectivity index (χ3n) is 3.92. The van der Waals surface area contributed by atoms with Gasteiger partial charge in [0.1, 0.15) is 18.5 Å². The first-order valence-corrected chi connectivity index (χ1v) is 8.63. The maximum Gasteiger partial charge on any atom is 0.254 e. The zero-order valence-electron chi connectivity index (χ0n) is 13.6.